The number of rotatable bonds is 8. The molecule has 1 rings (SSSR count). The topological polar surface area (TPSA) is 29.9 Å². The molecule has 4 heteroatoms. The van der Waals surface area contributed by atoms with E-state index < -0.39 is 0 Å². The summed E-state index contributed by atoms with van der Waals surface area (Å²) < 4.78 is 3.25. The zero-order chi connectivity index (χ0) is 15.1. The van der Waals surface area contributed by atoms with E-state index in [1.54, 1.807) is 0 Å². The van der Waals surface area contributed by atoms with E-state index in [4.69, 9.17) is 0 Å². The van der Waals surface area contributed by atoms with Crippen molar-refractivity contribution in [1.82, 2.24) is 15.1 Å². The summed E-state index contributed by atoms with van der Waals surface area (Å²) in [6.45, 7) is 13.9. The Labute approximate surface area is 132 Å². The molecule has 0 saturated carbocycles. The van der Waals surface area contributed by atoms with Crippen molar-refractivity contribution in [3.63, 3.8) is 0 Å². The van der Waals surface area contributed by atoms with Gasteiger partial charge in [0.25, 0.3) is 0 Å². The third-order valence-corrected chi connectivity index (χ3v) is 4.30. The third kappa shape index (κ3) is 5.41. The van der Waals surface area contributed by atoms with E-state index in [0.29, 0.717) is 0 Å². The summed E-state index contributed by atoms with van der Waals surface area (Å²) in [6.07, 6.45) is 4.40. The molecule has 0 fully saturated rings. The van der Waals surface area contributed by atoms with Gasteiger partial charge in [-0.25, -0.2) is 0 Å². The van der Waals surface area contributed by atoms with Crippen LogP contribution in [0.25, 0.3) is 0 Å². The van der Waals surface area contributed by atoms with Crippen molar-refractivity contribution in [2.75, 3.05) is 13.1 Å². The predicted molar refractivity (Wildman–Crippen MR) is 90.1 cm³/mol. The van der Waals surface area contributed by atoms with Gasteiger partial charge in [0, 0.05) is 13.0 Å². The van der Waals surface area contributed by atoms with Gasteiger partial charge in [-0.15, -0.1) is 0 Å². The van der Waals surface area contributed by atoms with Crippen LogP contribution >= 0.6 is 15.9 Å². The monoisotopic (exact) mass is 341 g/mol. The number of nitrogens with zero attached hydrogens (tertiary/aromatic N) is 2. The molecule has 1 aromatic heterocycles. The van der Waals surface area contributed by atoms with Crippen molar-refractivity contribution in [1.29, 1.82) is 0 Å². The van der Waals surface area contributed by atoms with Gasteiger partial charge in [0.1, 0.15) is 0 Å². The number of halogens is 1. The van der Waals surface area contributed by atoms with Crippen LogP contribution in [-0.2, 0) is 13.0 Å². The molecule has 0 aliphatic heterocycles. The van der Waals surface area contributed by atoms with E-state index in [-0.39, 0.29) is 0 Å². The lowest BCUT2D eigenvalue weighted by molar-refractivity contribution is 0.556. The summed E-state index contributed by atoms with van der Waals surface area (Å²) in [5.41, 5.74) is 3.77. The Morgan fingerprint density at radius 1 is 1.45 bits per heavy atom. The second-order valence-electron chi connectivity index (χ2n) is 5.78. The predicted octanol–water partition coefficient (Wildman–Crippen LogP) is 4.10. The lowest BCUT2D eigenvalue weighted by Crippen LogP contribution is -2.20. The lowest BCUT2D eigenvalue weighted by Gasteiger charge is -2.07. The zero-order valence-corrected chi connectivity index (χ0v) is 15.0. The zero-order valence-electron chi connectivity index (χ0n) is 13.5. The van der Waals surface area contributed by atoms with Crippen molar-refractivity contribution in [3.05, 3.63) is 27.5 Å². The highest BCUT2D eigenvalue weighted by Gasteiger charge is 2.11. The van der Waals surface area contributed by atoms with Crippen molar-refractivity contribution in [2.45, 2.75) is 54.0 Å². The van der Waals surface area contributed by atoms with Crippen LogP contribution in [0.2, 0.25) is 0 Å². The van der Waals surface area contributed by atoms with Gasteiger partial charge in [-0.3, -0.25) is 4.68 Å². The van der Waals surface area contributed by atoms with E-state index >= 15 is 0 Å². The second-order valence-corrected chi connectivity index (χ2v) is 6.57. The number of allylic oxidation sites excluding steroid dienone is 1. The van der Waals surface area contributed by atoms with Gasteiger partial charge in [-0.05, 0) is 62.1 Å². The summed E-state index contributed by atoms with van der Waals surface area (Å²) in [5, 5.41) is 8.01. The van der Waals surface area contributed by atoms with Gasteiger partial charge < -0.3 is 5.32 Å². The van der Waals surface area contributed by atoms with Crippen LogP contribution in [0.1, 0.15) is 45.5 Å². The molecule has 20 heavy (non-hydrogen) atoms. The molecule has 0 spiro atoms. The maximum atomic E-state index is 4.54. The van der Waals surface area contributed by atoms with Crippen LogP contribution in [-0.4, -0.2) is 22.9 Å². The fourth-order valence-electron chi connectivity index (χ4n) is 2.19. The normalized spacial score (nSPS) is 12.4. The third-order valence-electron chi connectivity index (χ3n) is 3.27. The molecule has 0 aliphatic carbocycles. The highest BCUT2D eigenvalue weighted by atomic mass is 79.9. The summed E-state index contributed by atoms with van der Waals surface area (Å²) in [7, 11) is 0. The Morgan fingerprint density at radius 2 is 2.15 bits per heavy atom. The van der Waals surface area contributed by atoms with Gasteiger partial charge in [-0.1, -0.05) is 25.5 Å². The van der Waals surface area contributed by atoms with Crippen LogP contribution in [0.4, 0.5) is 0 Å². The highest BCUT2D eigenvalue weighted by molar-refractivity contribution is 9.10. The van der Waals surface area contributed by atoms with E-state index in [0.717, 1.165) is 48.6 Å². The van der Waals surface area contributed by atoms with Gasteiger partial charge in [0.05, 0.1) is 15.9 Å². The first kappa shape index (κ1) is 17.4. The minimum absolute atomic E-state index is 0.720. The molecule has 0 unspecified atom stereocenters. The molecule has 0 radical (unpaired) electrons. The Hall–Kier alpha value is -0.610. The Morgan fingerprint density at radius 3 is 2.75 bits per heavy atom. The Kier molecular flexibility index (Phi) is 7.52. The number of nitrogens with one attached hydrogen (secondary N) is 1. The van der Waals surface area contributed by atoms with Crippen LogP contribution in [0.3, 0.4) is 0 Å². The van der Waals surface area contributed by atoms with E-state index in [1.807, 2.05) is 0 Å². The molecule has 3 nitrogen and oxygen atoms in total. The van der Waals surface area contributed by atoms with Crippen LogP contribution in [0.15, 0.2) is 16.1 Å². The first-order chi connectivity index (χ1) is 9.45. The summed E-state index contributed by atoms with van der Waals surface area (Å²) in [6, 6.07) is 0. The van der Waals surface area contributed by atoms with Gasteiger partial charge in [0.15, 0.2) is 0 Å². The van der Waals surface area contributed by atoms with Crippen molar-refractivity contribution >= 4 is 15.9 Å². The van der Waals surface area contributed by atoms with E-state index in [1.165, 1.54) is 11.3 Å². The van der Waals surface area contributed by atoms with Crippen molar-refractivity contribution < 1.29 is 0 Å². The molecule has 0 aromatic carbocycles. The molecule has 0 saturated heterocycles. The molecule has 0 atom stereocenters. The molecule has 0 amide bonds. The molecule has 1 N–H and O–H groups in total. The first-order valence-corrected chi connectivity index (χ1v) is 8.33. The standard InChI is InChI=1S/C16H28BrN3/c1-6-20-15(16(17)14(5)19-20)10-13(4)8-7-9-18-11-12(2)3/h8,12,18H,6-7,9-11H2,1-5H3. The molecule has 0 aliphatic rings. The summed E-state index contributed by atoms with van der Waals surface area (Å²) >= 11 is 3.66. The Bertz CT molecular complexity index is 447. The number of aryl methyl sites for hydroxylation is 2. The average Bonchev–Trinajstić information content (AvgIpc) is 2.65. The molecule has 0 bridgehead atoms. The Balaban J connectivity index is 2.51. The van der Waals surface area contributed by atoms with Gasteiger partial charge in [-0.2, -0.15) is 5.10 Å². The molecule has 114 valence electrons. The van der Waals surface area contributed by atoms with Crippen LogP contribution in [0, 0.1) is 12.8 Å². The van der Waals surface area contributed by atoms with E-state index in [9.17, 15) is 0 Å². The van der Waals surface area contributed by atoms with Crippen molar-refractivity contribution in [3.8, 4) is 0 Å². The molecular formula is C16H28BrN3. The fraction of sp³-hybridized carbons (Fsp3) is 0.688. The average molecular weight is 342 g/mol. The van der Waals surface area contributed by atoms with Crippen LogP contribution < -0.4 is 5.32 Å². The SMILES string of the molecule is CCn1nc(C)c(Br)c1CC(C)=CCCNCC(C)C. The summed E-state index contributed by atoms with van der Waals surface area (Å²) in [5.74, 6) is 0.720. The highest BCUT2D eigenvalue weighted by Crippen LogP contribution is 2.23. The fourth-order valence-corrected chi connectivity index (χ4v) is 2.61. The minimum Gasteiger partial charge on any atom is -0.316 e. The van der Waals surface area contributed by atoms with Gasteiger partial charge in [0.2, 0.25) is 0 Å². The molecular weight excluding hydrogens is 314 g/mol. The maximum absolute atomic E-state index is 4.54. The van der Waals surface area contributed by atoms with Crippen LogP contribution in [0.5, 0.6) is 0 Å². The molecule has 1 heterocycles. The van der Waals surface area contributed by atoms with Crippen molar-refractivity contribution in [2.24, 2.45) is 5.92 Å². The van der Waals surface area contributed by atoms with Gasteiger partial charge >= 0.3 is 0 Å². The smallest absolute Gasteiger partial charge is 0.0738 e. The minimum atomic E-state index is 0.720. The number of aromatic nitrogens is 2. The molecule has 1 aromatic rings. The number of hydrogen-bond donors (Lipinski definition) is 1. The maximum Gasteiger partial charge on any atom is 0.0738 e. The first-order valence-electron chi connectivity index (χ1n) is 7.53. The summed E-state index contributed by atoms with van der Waals surface area (Å²) in [4.78, 5) is 0. The quantitative estimate of drug-likeness (QED) is 0.569. The largest absolute Gasteiger partial charge is 0.316 e. The second kappa shape index (κ2) is 8.63. The van der Waals surface area contributed by atoms with E-state index in [2.05, 4.69) is 71.7 Å². The lowest BCUT2D eigenvalue weighted by atomic mass is 10.1. The number of hydrogen-bond acceptors (Lipinski definition) is 2.